The van der Waals surface area contributed by atoms with Gasteiger partial charge >= 0.3 is 5.97 Å². The topological polar surface area (TPSA) is 56.7 Å². The van der Waals surface area contributed by atoms with Crippen molar-refractivity contribution in [3.05, 3.63) is 88.7 Å². The number of pyridine rings is 1. The fourth-order valence-corrected chi connectivity index (χ4v) is 5.35. The Balaban J connectivity index is 1.30. The predicted octanol–water partition coefficient (Wildman–Crippen LogP) is 6.05. The molecule has 5 nitrogen and oxygen atoms in total. The lowest BCUT2D eigenvalue weighted by Gasteiger charge is -2.35. The van der Waals surface area contributed by atoms with E-state index in [9.17, 15) is 9.90 Å². The summed E-state index contributed by atoms with van der Waals surface area (Å²) in [5.41, 5.74) is 7.76. The second-order valence-corrected chi connectivity index (χ2v) is 10.2. The van der Waals surface area contributed by atoms with E-state index in [-0.39, 0.29) is 6.04 Å². The molecule has 1 N–H and O–H groups in total. The minimum atomic E-state index is -0.886. The van der Waals surface area contributed by atoms with Crippen LogP contribution in [0.25, 0.3) is 0 Å². The fourth-order valence-electron chi connectivity index (χ4n) is 5.35. The molecule has 5 rings (SSSR count). The monoisotopic (exact) mass is 469 g/mol. The molecule has 1 aliphatic carbocycles. The molecule has 0 saturated heterocycles. The Morgan fingerprint density at radius 1 is 1.06 bits per heavy atom. The molecule has 1 aliphatic heterocycles. The van der Waals surface area contributed by atoms with Gasteiger partial charge in [0.05, 0.1) is 5.56 Å². The molecule has 0 bridgehead atoms. The molecule has 0 radical (unpaired) electrons. The fraction of sp³-hybridized carbons (Fsp3) is 0.400. The molecule has 1 saturated carbocycles. The van der Waals surface area contributed by atoms with Gasteiger partial charge in [-0.1, -0.05) is 31.0 Å². The summed E-state index contributed by atoms with van der Waals surface area (Å²) in [6, 6.07) is 17.7. The van der Waals surface area contributed by atoms with Crippen molar-refractivity contribution in [3.63, 3.8) is 0 Å². The Morgan fingerprint density at radius 3 is 2.57 bits per heavy atom. The van der Waals surface area contributed by atoms with Gasteiger partial charge in [0.1, 0.15) is 0 Å². The van der Waals surface area contributed by atoms with Crippen LogP contribution >= 0.6 is 0 Å². The van der Waals surface area contributed by atoms with Gasteiger partial charge in [0.15, 0.2) is 0 Å². The number of hydrogen-bond acceptors (Lipinski definition) is 4. The normalized spacial score (nSPS) is 17.7. The van der Waals surface area contributed by atoms with Gasteiger partial charge in [-0.05, 0) is 97.7 Å². The molecule has 0 unspecified atom stereocenters. The van der Waals surface area contributed by atoms with Gasteiger partial charge in [0.2, 0.25) is 0 Å². The number of aromatic carboxylic acids is 1. The first-order valence-electron chi connectivity index (χ1n) is 12.8. The lowest BCUT2D eigenvalue weighted by molar-refractivity contribution is 0.0695. The van der Waals surface area contributed by atoms with E-state index in [1.807, 2.05) is 0 Å². The summed E-state index contributed by atoms with van der Waals surface area (Å²) in [7, 11) is 4.31. The molecule has 1 aromatic heterocycles. The van der Waals surface area contributed by atoms with Crippen LogP contribution in [0.4, 0.5) is 11.4 Å². The average Bonchev–Trinajstić information content (AvgIpc) is 3.71. The zero-order chi connectivity index (χ0) is 24.4. The van der Waals surface area contributed by atoms with Crippen molar-refractivity contribution >= 4 is 17.3 Å². The summed E-state index contributed by atoms with van der Waals surface area (Å²) in [6.45, 7) is 0.999. The summed E-state index contributed by atoms with van der Waals surface area (Å²) in [4.78, 5) is 20.4. The second-order valence-electron chi connectivity index (χ2n) is 10.2. The van der Waals surface area contributed by atoms with E-state index in [1.54, 1.807) is 18.5 Å². The Bertz CT molecular complexity index is 1190. The maximum atomic E-state index is 11.6. The molecule has 182 valence electrons. The van der Waals surface area contributed by atoms with Crippen molar-refractivity contribution in [3.8, 4) is 0 Å². The summed E-state index contributed by atoms with van der Waals surface area (Å²) in [5, 5.41) is 9.51. The Labute approximate surface area is 208 Å². The number of carboxylic acids is 1. The van der Waals surface area contributed by atoms with E-state index >= 15 is 0 Å². The van der Waals surface area contributed by atoms with Crippen LogP contribution in [-0.4, -0.2) is 41.6 Å². The summed E-state index contributed by atoms with van der Waals surface area (Å²) in [6.07, 6.45) is 11.2. The molecule has 35 heavy (non-hydrogen) atoms. The number of aryl methyl sites for hydroxylation is 2. The van der Waals surface area contributed by atoms with E-state index in [2.05, 4.69) is 71.3 Å². The number of hydrogen-bond donors (Lipinski definition) is 1. The van der Waals surface area contributed by atoms with Crippen LogP contribution in [0.1, 0.15) is 64.3 Å². The molecule has 3 aromatic rings. The maximum absolute atomic E-state index is 11.6. The summed E-state index contributed by atoms with van der Waals surface area (Å²) < 4.78 is 0. The highest BCUT2D eigenvalue weighted by atomic mass is 16.4. The number of rotatable bonds is 9. The van der Waals surface area contributed by atoms with Gasteiger partial charge in [-0.3, -0.25) is 9.88 Å². The minimum Gasteiger partial charge on any atom is -0.478 e. The van der Waals surface area contributed by atoms with Crippen LogP contribution in [0.3, 0.4) is 0 Å². The molecule has 2 heterocycles. The number of carboxylic acid groups (broad SMARTS) is 1. The van der Waals surface area contributed by atoms with Crippen LogP contribution in [0, 0.1) is 5.92 Å². The molecular weight excluding hydrogens is 434 g/mol. The van der Waals surface area contributed by atoms with Crippen molar-refractivity contribution in [2.75, 3.05) is 25.5 Å². The van der Waals surface area contributed by atoms with Gasteiger partial charge in [0.25, 0.3) is 0 Å². The maximum Gasteiger partial charge on any atom is 0.336 e. The standard InChI is InChI=1S/C30H35N3O2/c1-32-18-16-23-19-26(33(2)25-10-7-22(8-11-25)6-5-21-3-4-21)12-13-27(23)29(32)14-9-24-20-31-17-15-28(24)30(34)35/h7-8,10-13,15,17,19-21,29H,3-6,9,14,16,18H2,1-2H3,(H,34,35)/t29-/m0/s1. The first-order valence-corrected chi connectivity index (χ1v) is 12.8. The zero-order valence-corrected chi connectivity index (χ0v) is 20.8. The lowest BCUT2D eigenvalue weighted by Crippen LogP contribution is -2.32. The van der Waals surface area contributed by atoms with Gasteiger partial charge < -0.3 is 10.0 Å². The highest BCUT2D eigenvalue weighted by Crippen LogP contribution is 2.36. The van der Waals surface area contributed by atoms with Crippen molar-refractivity contribution in [2.24, 2.45) is 5.92 Å². The third-order valence-electron chi connectivity index (χ3n) is 7.82. The molecule has 0 amide bonds. The predicted molar refractivity (Wildman–Crippen MR) is 141 cm³/mol. The van der Waals surface area contributed by atoms with E-state index in [1.165, 1.54) is 53.7 Å². The van der Waals surface area contributed by atoms with Crippen molar-refractivity contribution < 1.29 is 9.90 Å². The molecule has 5 heteroatoms. The number of anilines is 2. The van der Waals surface area contributed by atoms with Crippen molar-refractivity contribution in [1.29, 1.82) is 0 Å². The van der Waals surface area contributed by atoms with E-state index in [0.717, 1.165) is 30.9 Å². The van der Waals surface area contributed by atoms with E-state index in [4.69, 9.17) is 0 Å². The summed E-state index contributed by atoms with van der Waals surface area (Å²) >= 11 is 0. The van der Waals surface area contributed by atoms with Gasteiger partial charge in [-0.25, -0.2) is 4.79 Å². The largest absolute Gasteiger partial charge is 0.478 e. The van der Waals surface area contributed by atoms with E-state index < -0.39 is 5.97 Å². The van der Waals surface area contributed by atoms with Crippen molar-refractivity contribution in [2.45, 2.75) is 51.0 Å². The smallest absolute Gasteiger partial charge is 0.336 e. The second kappa shape index (κ2) is 10.2. The van der Waals surface area contributed by atoms with Gasteiger partial charge in [0, 0.05) is 43.4 Å². The van der Waals surface area contributed by atoms with Crippen LogP contribution < -0.4 is 4.90 Å². The van der Waals surface area contributed by atoms with Crippen LogP contribution in [-0.2, 0) is 19.3 Å². The number of aromatic nitrogens is 1. The number of nitrogens with zero attached hydrogens (tertiary/aromatic N) is 3. The minimum absolute atomic E-state index is 0.269. The first kappa shape index (κ1) is 23.6. The van der Waals surface area contributed by atoms with Gasteiger partial charge in [-0.15, -0.1) is 0 Å². The Kier molecular flexibility index (Phi) is 6.87. The number of benzene rings is 2. The molecule has 2 aliphatic rings. The molecule has 2 aromatic carbocycles. The number of fused-ring (bicyclic) bond motifs is 1. The lowest BCUT2D eigenvalue weighted by atomic mass is 9.88. The van der Waals surface area contributed by atoms with Crippen LogP contribution in [0.2, 0.25) is 0 Å². The molecule has 1 atom stereocenters. The zero-order valence-electron chi connectivity index (χ0n) is 20.8. The number of likely N-dealkylation sites (N-methyl/N-ethyl adjacent to an activating group) is 1. The van der Waals surface area contributed by atoms with Crippen molar-refractivity contribution in [1.82, 2.24) is 9.88 Å². The average molecular weight is 470 g/mol. The highest BCUT2D eigenvalue weighted by Gasteiger charge is 2.26. The van der Waals surface area contributed by atoms with E-state index in [0.29, 0.717) is 12.0 Å². The molecule has 0 spiro atoms. The highest BCUT2D eigenvalue weighted by molar-refractivity contribution is 5.89. The molecular formula is C30H35N3O2. The molecule has 1 fully saturated rings. The van der Waals surface area contributed by atoms with Crippen LogP contribution in [0.5, 0.6) is 0 Å². The SMILES string of the molecule is CN(c1ccc(CCC2CC2)cc1)c1ccc2c(c1)CCN(C)[C@H]2CCc1cnccc1C(=O)O. The third-order valence-corrected chi connectivity index (χ3v) is 7.82. The first-order chi connectivity index (χ1) is 17.0. The third kappa shape index (κ3) is 5.40. The summed E-state index contributed by atoms with van der Waals surface area (Å²) in [5.74, 6) is 0.0859. The Morgan fingerprint density at radius 2 is 1.83 bits per heavy atom. The number of carbonyl (C=O) groups is 1. The van der Waals surface area contributed by atoms with Gasteiger partial charge in [-0.2, -0.15) is 0 Å². The quantitative estimate of drug-likeness (QED) is 0.413. The Hall–Kier alpha value is -3.18. The van der Waals surface area contributed by atoms with Crippen LogP contribution in [0.15, 0.2) is 60.9 Å².